The number of methoxy groups -OCH3 is 1. The molecule has 2 heterocycles. The molecule has 3 N–H and O–H groups in total. The number of carbonyl (C=O) groups excluding carboxylic acids is 1. The van der Waals surface area contributed by atoms with E-state index in [1.165, 1.54) is 49.6 Å². The predicted octanol–water partition coefficient (Wildman–Crippen LogP) is 4.42. The zero-order valence-corrected chi connectivity index (χ0v) is 20.0. The fourth-order valence-corrected chi connectivity index (χ4v) is 4.18. The van der Waals surface area contributed by atoms with E-state index in [-0.39, 0.29) is 40.6 Å². The van der Waals surface area contributed by atoms with Crippen molar-refractivity contribution in [2.75, 3.05) is 13.7 Å². The lowest BCUT2D eigenvalue weighted by Crippen LogP contribution is -2.47. The summed E-state index contributed by atoms with van der Waals surface area (Å²) < 4.78 is 33.8. The number of aromatic amines is 1. The van der Waals surface area contributed by atoms with Gasteiger partial charge < -0.3 is 15.2 Å². The number of H-pyrrole nitrogens is 1. The smallest absolute Gasteiger partial charge is 0.252 e. The minimum Gasteiger partial charge on any atom is -0.394 e. The number of aromatic nitrogens is 3. The Bertz CT molecular complexity index is 1330. The zero-order chi connectivity index (χ0) is 25.7. The third-order valence-electron chi connectivity index (χ3n) is 5.74. The highest BCUT2D eigenvalue weighted by atomic mass is 35.5. The van der Waals surface area contributed by atoms with Crippen LogP contribution in [0, 0.1) is 11.6 Å². The largest absolute Gasteiger partial charge is 0.394 e. The standard InChI is InChI=1S/C26H23ClF2N4O3/c1-36-21(14-34)20(13-17-5-2-3-12-30-17)31-26(35)18-6-4-7-19(29)22(18)25-23(27)24(32-33-25)15-8-10-16(28)11-9-15/h2-12,20-21,34H,13-14H2,1H3,(H,31,35)(H,32,33)/t20-,21-/m1/s1. The van der Waals surface area contributed by atoms with E-state index < -0.39 is 29.7 Å². The second kappa shape index (κ2) is 11.4. The molecule has 0 aliphatic carbocycles. The predicted molar refractivity (Wildman–Crippen MR) is 131 cm³/mol. The third kappa shape index (κ3) is 5.43. The number of carbonyl (C=O) groups is 1. The lowest BCUT2D eigenvalue weighted by Gasteiger charge is -2.26. The number of rotatable bonds is 9. The number of pyridine rings is 1. The maximum atomic E-state index is 15.1. The summed E-state index contributed by atoms with van der Waals surface area (Å²) in [7, 11) is 1.42. The Morgan fingerprint density at radius 2 is 1.92 bits per heavy atom. The fourth-order valence-electron chi connectivity index (χ4n) is 3.89. The lowest BCUT2D eigenvalue weighted by molar-refractivity contribution is 0.0214. The Morgan fingerprint density at radius 3 is 2.58 bits per heavy atom. The molecule has 0 saturated heterocycles. The summed E-state index contributed by atoms with van der Waals surface area (Å²) in [5, 5.41) is 19.6. The minimum atomic E-state index is -0.728. The molecule has 0 bridgehead atoms. The first-order chi connectivity index (χ1) is 17.4. The van der Waals surface area contributed by atoms with Gasteiger partial charge >= 0.3 is 0 Å². The highest BCUT2D eigenvalue weighted by Crippen LogP contribution is 2.37. The Labute approximate surface area is 211 Å². The van der Waals surface area contributed by atoms with Crippen LogP contribution in [0.1, 0.15) is 16.1 Å². The number of halogens is 3. The van der Waals surface area contributed by atoms with Gasteiger partial charge in [-0.2, -0.15) is 5.10 Å². The van der Waals surface area contributed by atoms with Gasteiger partial charge in [-0.25, -0.2) is 8.78 Å². The maximum absolute atomic E-state index is 15.1. The molecule has 0 saturated carbocycles. The molecule has 4 rings (SSSR count). The molecule has 0 unspecified atom stereocenters. The number of hydrogen-bond acceptors (Lipinski definition) is 5. The van der Waals surface area contributed by atoms with Crippen molar-refractivity contribution < 1.29 is 23.4 Å². The third-order valence-corrected chi connectivity index (χ3v) is 6.10. The van der Waals surface area contributed by atoms with Crippen LogP contribution in [0.25, 0.3) is 22.5 Å². The molecule has 186 valence electrons. The van der Waals surface area contributed by atoms with Gasteiger partial charge in [-0.1, -0.05) is 23.7 Å². The summed E-state index contributed by atoms with van der Waals surface area (Å²) in [6, 6.07) is 14.3. The second-order valence-electron chi connectivity index (χ2n) is 7.99. The van der Waals surface area contributed by atoms with Crippen LogP contribution in [-0.4, -0.2) is 52.1 Å². The average Bonchev–Trinajstić information content (AvgIpc) is 3.26. The first-order valence-electron chi connectivity index (χ1n) is 11.1. The van der Waals surface area contributed by atoms with E-state index in [2.05, 4.69) is 20.5 Å². The van der Waals surface area contributed by atoms with Crippen molar-refractivity contribution in [3.8, 4) is 22.5 Å². The van der Waals surface area contributed by atoms with Crippen molar-refractivity contribution in [3.63, 3.8) is 0 Å². The van der Waals surface area contributed by atoms with Gasteiger partial charge in [-0.3, -0.25) is 14.9 Å². The van der Waals surface area contributed by atoms with Crippen LogP contribution < -0.4 is 5.32 Å². The van der Waals surface area contributed by atoms with Gasteiger partial charge in [0.1, 0.15) is 23.4 Å². The Kier molecular flexibility index (Phi) is 8.04. The lowest BCUT2D eigenvalue weighted by atomic mass is 10.00. The monoisotopic (exact) mass is 512 g/mol. The molecule has 10 heteroatoms. The summed E-state index contributed by atoms with van der Waals surface area (Å²) in [5.74, 6) is -1.71. The molecule has 1 amide bonds. The Hall–Kier alpha value is -3.66. The van der Waals surface area contributed by atoms with Gasteiger partial charge in [0.25, 0.3) is 5.91 Å². The van der Waals surface area contributed by atoms with Crippen LogP contribution in [0.5, 0.6) is 0 Å². The number of nitrogens with zero attached hydrogens (tertiary/aromatic N) is 2. The van der Waals surface area contributed by atoms with Crippen LogP contribution in [-0.2, 0) is 11.2 Å². The summed E-state index contributed by atoms with van der Waals surface area (Å²) in [4.78, 5) is 17.7. The molecule has 2 aromatic heterocycles. The second-order valence-corrected chi connectivity index (χ2v) is 8.37. The number of aliphatic hydroxyl groups excluding tert-OH is 1. The number of nitrogens with one attached hydrogen (secondary N) is 2. The normalized spacial score (nSPS) is 12.8. The first kappa shape index (κ1) is 25.4. The molecule has 2 aromatic carbocycles. The number of amides is 1. The summed E-state index contributed by atoms with van der Waals surface area (Å²) in [6.07, 6.45) is 1.17. The Morgan fingerprint density at radius 1 is 1.14 bits per heavy atom. The molecule has 36 heavy (non-hydrogen) atoms. The van der Waals surface area contributed by atoms with Gasteiger partial charge in [0, 0.05) is 36.5 Å². The summed E-state index contributed by atoms with van der Waals surface area (Å²) >= 11 is 6.54. The molecule has 2 atom stereocenters. The number of hydrogen-bond donors (Lipinski definition) is 3. The summed E-state index contributed by atoms with van der Waals surface area (Å²) in [5.41, 5.74) is 1.52. The highest BCUT2D eigenvalue weighted by molar-refractivity contribution is 6.35. The van der Waals surface area contributed by atoms with E-state index in [9.17, 15) is 14.3 Å². The van der Waals surface area contributed by atoms with Gasteiger partial charge in [0.05, 0.1) is 28.9 Å². The minimum absolute atomic E-state index is 0.00465. The van der Waals surface area contributed by atoms with Crippen molar-refractivity contribution in [2.24, 2.45) is 0 Å². The number of benzene rings is 2. The highest BCUT2D eigenvalue weighted by Gasteiger charge is 2.28. The van der Waals surface area contributed by atoms with Crippen molar-refractivity contribution in [1.82, 2.24) is 20.5 Å². The quantitative estimate of drug-likeness (QED) is 0.308. The SMILES string of the molecule is CO[C@H](CO)[C@@H](Cc1ccccn1)NC(=O)c1cccc(F)c1-c1[nH]nc(-c2ccc(F)cc2)c1Cl. The number of aliphatic hydroxyl groups is 1. The molecule has 0 spiro atoms. The van der Waals surface area contributed by atoms with Crippen molar-refractivity contribution in [3.05, 3.63) is 94.8 Å². The van der Waals surface area contributed by atoms with Crippen LogP contribution in [0.2, 0.25) is 5.02 Å². The molecule has 0 aliphatic heterocycles. The Balaban J connectivity index is 1.69. The molecule has 0 radical (unpaired) electrons. The van der Waals surface area contributed by atoms with Crippen molar-refractivity contribution >= 4 is 17.5 Å². The van der Waals surface area contributed by atoms with E-state index in [0.29, 0.717) is 11.3 Å². The zero-order valence-electron chi connectivity index (χ0n) is 19.2. The molecular formula is C26H23ClF2N4O3. The van der Waals surface area contributed by atoms with E-state index in [1.54, 1.807) is 18.3 Å². The van der Waals surface area contributed by atoms with Crippen molar-refractivity contribution in [2.45, 2.75) is 18.6 Å². The van der Waals surface area contributed by atoms with Crippen molar-refractivity contribution in [1.29, 1.82) is 0 Å². The molecule has 0 aliphatic rings. The summed E-state index contributed by atoms with van der Waals surface area (Å²) in [6.45, 7) is -0.350. The molecular weight excluding hydrogens is 490 g/mol. The van der Waals surface area contributed by atoms with Gasteiger partial charge in [0.15, 0.2) is 0 Å². The average molecular weight is 513 g/mol. The first-order valence-corrected chi connectivity index (χ1v) is 11.4. The van der Waals surface area contributed by atoms with Gasteiger partial charge in [0.2, 0.25) is 0 Å². The van der Waals surface area contributed by atoms with Gasteiger partial charge in [-0.05, 0) is 48.5 Å². The van der Waals surface area contributed by atoms with Gasteiger partial charge in [-0.15, -0.1) is 0 Å². The fraction of sp³-hybridized carbons (Fsp3) is 0.192. The van der Waals surface area contributed by atoms with Crippen LogP contribution in [0.3, 0.4) is 0 Å². The van der Waals surface area contributed by atoms with E-state index in [4.69, 9.17) is 16.3 Å². The molecule has 0 fully saturated rings. The van der Waals surface area contributed by atoms with Crippen LogP contribution in [0.4, 0.5) is 8.78 Å². The van der Waals surface area contributed by atoms with E-state index in [1.807, 2.05) is 6.07 Å². The molecule has 7 nitrogen and oxygen atoms in total. The maximum Gasteiger partial charge on any atom is 0.252 e. The number of ether oxygens (including phenoxy) is 1. The topological polar surface area (TPSA) is 100 Å². The van der Waals surface area contributed by atoms with E-state index in [0.717, 1.165) is 0 Å². The van der Waals surface area contributed by atoms with Crippen LogP contribution >= 0.6 is 11.6 Å². The molecule has 4 aromatic rings. The van der Waals surface area contributed by atoms with Crippen LogP contribution in [0.15, 0.2) is 66.9 Å². The van der Waals surface area contributed by atoms with E-state index >= 15 is 4.39 Å².